The molecule has 7 heavy (non-hydrogen) atoms. The van der Waals surface area contributed by atoms with Crippen LogP contribution in [0.4, 0.5) is 0 Å². The van der Waals surface area contributed by atoms with Gasteiger partial charge in [-0.05, 0) is 6.42 Å². The van der Waals surface area contributed by atoms with E-state index in [9.17, 15) is 0 Å². The molecule has 0 saturated heterocycles. The van der Waals surface area contributed by atoms with Gasteiger partial charge in [0.05, 0.1) is 0 Å². The molecule has 0 aliphatic carbocycles. The molecule has 0 rings (SSSR count). The standard InChI is InChI=1S/C5H10OSi/c1-2-3-4-5-7-6/h4-6H,2-3H2,1H3. The summed E-state index contributed by atoms with van der Waals surface area (Å²) in [4.78, 5) is 8.23. The zero-order chi connectivity index (χ0) is 5.54. The Bertz CT molecular complexity index is 52.0. The highest BCUT2D eigenvalue weighted by atomic mass is 28.2. The summed E-state index contributed by atoms with van der Waals surface area (Å²) >= 11 is 0. The molecule has 0 unspecified atom stereocenters. The smallest absolute Gasteiger partial charge is 0.256 e. The van der Waals surface area contributed by atoms with Gasteiger partial charge in [-0.2, -0.15) is 0 Å². The van der Waals surface area contributed by atoms with Crippen molar-refractivity contribution >= 4 is 9.76 Å². The predicted octanol–water partition coefficient (Wildman–Crippen LogP) is 0.912. The highest BCUT2D eigenvalue weighted by molar-refractivity contribution is 6.32. The molecule has 0 saturated carbocycles. The van der Waals surface area contributed by atoms with Crippen molar-refractivity contribution in [2.75, 3.05) is 0 Å². The zero-order valence-electron chi connectivity index (χ0n) is 4.52. The maximum absolute atomic E-state index is 8.23. The van der Waals surface area contributed by atoms with E-state index in [4.69, 9.17) is 4.80 Å². The number of hydrogen-bond donors (Lipinski definition) is 1. The van der Waals surface area contributed by atoms with E-state index in [0.717, 1.165) is 6.42 Å². The third-order valence-electron chi connectivity index (χ3n) is 0.648. The third kappa shape index (κ3) is 5.92. The first-order valence-electron chi connectivity index (χ1n) is 2.46. The van der Waals surface area contributed by atoms with Crippen LogP contribution in [0.3, 0.4) is 0 Å². The number of allylic oxidation sites excluding steroid dienone is 1. The third-order valence-corrected chi connectivity index (χ3v) is 1.03. The molecule has 0 aliphatic rings. The summed E-state index contributed by atoms with van der Waals surface area (Å²) in [6, 6.07) is 0. The summed E-state index contributed by atoms with van der Waals surface area (Å²) in [6.45, 7) is 2.12. The van der Waals surface area contributed by atoms with Crippen LogP contribution in [-0.2, 0) is 0 Å². The maximum Gasteiger partial charge on any atom is 0.256 e. The summed E-state index contributed by atoms with van der Waals surface area (Å²) in [7, 11) is -0.0129. The minimum absolute atomic E-state index is 0.0129. The van der Waals surface area contributed by atoms with Crippen LogP contribution in [0.15, 0.2) is 11.8 Å². The summed E-state index contributed by atoms with van der Waals surface area (Å²) in [5.41, 5.74) is 1.80. The molecule has 0 bridgehead atoms. The van der Waals surface area contributed by atoms with Crippen molar-refractivity contribution in [1.29, 1.82) is 0 Å². The van der Waals surface area contributed by atoms with Crippen LogP contribution in [0.1, 0.15) is 19.8 Å². The molecule has 0 amide bonds. The monoisotopic (exact) mass is 114 g/mol. The van der Waals surface area contributed by atoms with Gasteiger partial charge in [-0.3, -0.25) is 0 Å². The molecule has 2 radical (unpaired) electrons. The second-order valence-corrected chi connectivity index (χ2v) is 1.91. The highest BCUT2D eigenvalue weighted by Crippen LogP contribution is 1.85. The quantitative estimate of drug-likeness (QED) is 0.541. The van der Waals surface area contributed by atoms with Gasteiger partial charge in [0, 0.05) is 0 Å². The van der Waals surface area contributed by atoms with Crippen LogP contribution in [-0.4, -0.2) is 14.6 Å². The van der Waals surface area contributed by atoms with Gasteiger partial charge < -0.3 is 4.80 Å². The molecule has 0 spiro atoms. The van der Waals surface area contributed by atoms with Gasteiger partial charge in [-0.1, -0.05) is 25.1 Å². The molecule has 0 atom stereocenters. The molecule has 1 N–H and O–H groups in total. The Hall–Kier alpha value is -0.0831. The van der Waals surface area contributed by atoms with Gasteiger partial charge in [0.25, 0.3) is 9.76 Å². The van der Waals surface area contributed by atoms with E-state index >= 15 is 0 Å². The van der Waals surface area contributed by atoms with Gasteiger partial charge in [-0.25, -0.2) is 0 Å². The van der Waals surface area contributed by atoms with Crippen molar-refractivity contribution in [3.05, 3.63) is 11.8 Å². The highest BCUT2D eigenvalue weighted by Gasteiger charge is 1.70. The van der Waals surface area contributed by atoms with Gasteiger partial charge in [0.15, 0.2) is 0 Å². The lowest BCUT2D eigenvalue weighted by molar-refractivity contribution is 0.614. The van der Waals surface area contributed by atoms with E-state index in [1.165, 1.54) is 6.42 Å². The fourth-order valence-electron chi connectivity index (χ4n) is 0.303. The first kappa shape index (κ1) is 6.92. The molecule has 2 heteroatoms. The average Bonchev–Trinajstić information content (AvgIpc) is 1.69. The minimum Gasteiger partial charge on any atom is -0.428 e. The van der Waals surface area contributed by atoms with E-state index in [2.05, 4.69) is 6.92 Å². The Kier molecular flexibility index (Phi) is 5.85. The van der Waals surface area contributed by atoms with Crippen LogP contribution < -0.4 is 0 Å². The van der Waals surface area contributed by atoms with Crippen LogP contribution >= 0.6 is 0 Å². The van der Waals surface area contributed by atoms with Crippen LogP contribution in [0.2, 0.25) is 0 Å². The summed E-state index contributed by atoms with van der Waals surface area (Å²) < 4.78 is 0. The fourth-order valence-corrected chi connectivity index (χ4v) is 0.575. The van der Waals surface area contributed by atoms with E-state index in [-0.39, 0.29) is 9.76 Å². The van der Waals surface area contributed by atoms with Gasteiger partial charge in [-0.15, -0.1) is 0 Å². The van der Waals surface area contributed by atoms with Gasteiger partial charge in [0.1, 0.15) is 0 Å². The molecule has 40 valence electrons. The van der Waals surface area contributed by atoms with Crippen molar-refractivity contribution in [3.63, 3.8) is 0 Å². The molecule has 0 aliphatic heterocycles. The second kappa shape index (κ2) is 5.92. The van der Waals surface area contributed by atoms with E-state index in [1.54, 1.807) is 5.70 Å². The Morgan fingerprint density at radius 3 is 2.86 bits per heavy atom. The second-order valence-electron chi connectivity index (χ2n) is 1.32. The lowest BCUT2D eigenvalue weighted by atomic mass is 10.3. The fraction of sp³-hybridized carbons (Fsp3) is 0.600. The SMILES string of the molecule is CCCC=C[Si]O. The van der Waals surface area contributed by atoms with Crippen molar-refractivity contribution in [1.82, 2.24) is 0 Å². The molecular formula is C5H10OSi. The zero-order valence-corrected chi connectivity index (χ0v) is 5.52. The van der Waals surface area contributed by atoms with E-state index in [0.29, 0.717) is 0 Å². The molecule has 0 fully saturated rings. The van der Waals surface area contributed by atoms with Crippen molar-refractivity contribution in [2.24, 2.45) is 0 Å². The summed E-state index contributed by atoms with van der Waals surface area (Å²) in [5, 5.41) is 0. The lowest BCUT2D eigenvalue weighted by Gasteiger charge is -1.78. The lowest BCUT2D eigenvalue weighted by Crippen LogP contribution is -1.76. The van der Waals surface area contributed by atoms with Crippen LogP contribution in [0.5, 0.6) is 0 Å². The van der Waals surface area contributed by atoms with Crippen molar-refractivity contribution in [2.45, 2.75) is 19.8 Å². The first-order valence-corrected chi connectivity index (χ1v) is 3.49. The minimum atomic E-state index is -0.0129. The molecule has 0 aromatic rings. The van der Waals surface area contributed by atoms with Crippen molar-refractivity contribution < 1.29 is 4.80 Å². The normalized spacial score (nSPS) is 10.6. The van der Waals surface area contributed by atoms with E-state index < -0.39 is 0 Å². The topological polar surface area (TPSA) is 20.2 Å². The molecular weight excluding hydrogens is 104 g/mol. The van der Waals surface area contributed by atoms with Gasteiger partial charge in [0.2, 0.25) is 0 Å². The largest absolute Gasteiger partial charge is 0.428 e. The Labute approximate surface area is 47.0 Å². The predicted molar refractivity (Wildman–Crippen MR) is 32.0 cm³/mol. The molecule has 1 nitrogen and oxygen atoms in total. The Morgan fingerprint density at radius 1 is 1.71 bits per heavy atom. The van der Waals surface area contributed by atoms with Crippen LogP contribution in [0.25, 0.3) is 0 Å². The number of hydrogen-bond acceptors (Lipinski definition) is 1. The Morgan fingerprint density at radius 2 is 2.43 bits per heavy atom. The van der Waals surface area contributed by atoms with E-state index in [1.807, 2.05) is 6.08 Å². The summed E-state index contributed by atoms with van der Waals surface area (Å²) in [6.07, 6.45) is 4.26. The Balaban J connectivity index is 2.78. The van der Waals surface area contributed by atoms with Gasteiger partial charge >= 0.3 is 0 Å². The summed E-state index contributed by atoms with van der Waals surface area (Å²) in [5.74, 6) is 0. The number of rotatable bonds is 3. The molecule has 0 heterocycles. The number of unbranched alkanes of at least 4 members (excludes halogenated alkanes) is 1. The van der Waals surface area contributed by atoms with Crippen molar-refractivity contribution in [3.8, 4) is 0 Å². The maximum atomic E-state index is 8.23. The van der Waals surface area contributed by atoms with Crippen LogP contribution in [0, 0.1) is 0 Å². The first-order chi connectivity index (χ1) is 3.41. The molecule has 0 aromatic heterocycles. The average molecular weight is 114 g/mol. The molecule has 0 aromatic carbocycles.